The Hall–Kier alpha value is -2.16. The van der Waals surface area contributed by atoms with Crippen LogP contribution in [0, 0.1) is 12.7 Å². The molecule has 0 radical (unpaired) electrons. The van der Waals surface area contributed by atoms with Crippen molar-refractivity contribution in [1.29, 1.82) is 0 Å². The third kappa shape index (κ3) is 2.87. The molecule has 0 aromatic heterocycles. The van der Waals surface area contributed by atoms with Crippen molar-refractivity contribution in [2.75, 3.05) is 5.32 Å². The van der Waals surface area contributed by atoms with Crippen LogP contribution in [0.5, 0.6) is 0 Å². The van der Waals surface area contributed by atoms with E-state index in [1.165, 1.54) is 6.07 Å². The van der Waals surface area contributed by atoms with Gasteiger partial charge in [-0.1, -0.05) is 36.4 Å². The normalized spacial score (nSPS) is 11.2. The molecule has 0 aliphatic heterocycles. The molecule has 0 bridgehead atoms. The summed E-state index contributed by atoms with van der Waals surface area (Å²) in [6.07, 6.45) is 0. The highest BCUT2D eigenvalue weighted by Gasteiger charge is 2.29. The molecule has 0 aliphatic carbocycles. The van der Waals surface area contributed by atoms with Crippen LogP contribution < -0.4 is 5.32 Å². The van der Waals surface area contributed by atoms with Gasteiger partial charge in [-0.2, -0.15) is 0 Å². The van der Waals surface area contributed by atoms with Gasteiger partial charge in [0.25, 0.3) is 0 Å². The summed E-state index contributed by atoms with van der Waals surface area (Å²) in [5.41, 5.74) is 1.28. The maximum Gasteiger partial charge on any atom is 0.234 e. The first kappa shape index (κ1) is 14.3. The van der Waals surface area contributed by atoms with Crippen molar-refractivity contribution in [1.82, 2.24) is 0 Å². The fourth-order valence-electron chi connectivity index (χ4n) is 1.94. The van der Waals surface area contributed by atoms with Crippen LogP contribution in [-0.2, 0) is 10.2 Å². The minimum Gasteiger partial charge on any atom is -0.325 e. The van der Waals surface area contributed by atoms with Crippen LogP contribution >= 0.6 is 0 Å². The first-order valence-corrected chi connectivity index (χ1v) is 6.54. The Morgan fingerprint density at radius 2 is 1.75 bits per heavy atom. The number of nitrogens with one attached hydrogen (secondary N) is 1. The summed E-state index contributed by atoms with van der Waals surface area (Å²) < 4.78 is 13.5. The van der Waals surface area contributed by atoms with Crippen LogP contribution in [0.25, 0.3) is 0 Å². The van der Waals surface area contributed by atoms with Gasteiger partial charge >= 0.3 is 0 Å². The molecule has 2 aromatic rings. The first-order valence-electron chi connectivity index (χ1n) is 6.54. The number of aryl methyl sites for hydroxylation is 1. The van der Waals surface area contributed by atoms with Crippen molar-refractivity contribution >= 4 is 11.6 Å². The molecule has 2 nitrogen and oxygen atoms in total. The molecule has 1 amide bonds. The third-order valence-corrected chi connectivity index (χ3v) is 3.49. The second kappa shape index (κ2) is 5.45. The van der Waals surface area contributed by atoms with Gasteiger partial charge in [0.2, 0.25) is 5.91 Å². The summed E-state index contributed by atoms with van der Waals surface area (Å²) in [6, 6.07) is 14.2. The molecule has 0 heterocycles. The Balaban J connectivity index is 2.21. The van der Waals surface area contributed by atoms with Crippen molar-refractivity contribution in [2.24, 2.45) is 0 Å². The number of benzene rings is 2. The van der Waals surface area contributed by atoms with Crippen LogP contribution in [0.1, 0.15) is 25.0 Å². The van der Waals surface area contributed by atoms with Crippen molar-refractivity contribution in [3.8, 4) is 0 Å². The zero-order valence-electron chi connectivity index (χ0n) is 11.9. The highest BCUT2D eigenvalue weighted by Crippen LogP contribution is 2.25. The lowest BCUT2D eigenvalue weighted by molar-refractivity contribution is -0.120. The van der Waals surface area contributed by atoms with E-state index in [9.17, 15) is 9.18 Å². The summed E-state index contributed by atoms with van der Waals surface area (Å²) in [4.78, 5) is 12.4. The molecule has 0 spiro atoms. The number of carbonyl (C=O) groups excluding carboxylic acids is 1. The summed E-state index contributed by atoms with van der Waals surface area (Å²) in [5, 5.41) is 2.77. The van der Waals surface area contributed by atoms with E-state index in [2.05, 4.69) is 5.32 Å². The lowest BCUT2D eigenvalue weighted by Crippen LogP contribution is -2.34. The van der Waals surface area contributed by atoms with Crippen molar-refractivity contribution < 1.29 is 9.18 Å². The highest BCUT2D eigenvalue weighted by molar-refractivity contribution is 5.98. The molecular weight excluding hydrogens is 253 g/mol. The monoisotopic (exact) mass is 271 g/mol. The fourth-order valence-corrected chi connectivity index (χ4v) is 1.94. The number of amides is 1. The maximum absolute atomic E-state index is 13.5. The minimum atomic E-state index is -0.678. The van der Waals surface area contributed by atoms with E-state index >= 15 is 0 Å². The molecular formula is C17H18FNO. The average molecular weight is 271 g/mol. The molecule has 104 valence electrons. The third-order valence-electron chi connectivity index (χ3n) is 3.49. The number of carbonyl (C=O) groups is 1. The van der Waals surface area contributed by atoms with Crippen LogP contribution in [0.4, 0.5) is 10.1 Å². The van der Waals surface area contributed by atoms with E-state index in [4.69, 9.17) is 0 Å². The Kier molecular flexibility index (Phi) is 3.89. The number of hydrogen-bond donors (Lipinski definition) is 1. The van der Waals surface area contributed by atoms with Gasteiger partial charge in [-0.05, 0) is 44.0 Å². The summed E-state index contributed by atoms with van der Waals surface area (Å²) in [6.45, 7) is 5.39. The van der Waals surface area contributed by atoms with E-state index in [1.54, 1.807) is 19.1 Å². The zero-order valence-corrected chi connectivity index (χ0v) is 11.9. The van der Waals surface area contributed by atoms with Crippen molar-refractivity contribution in [2.45, 2.75) is 26.2 Å². The predicted molar refractivity (Wildman–Crippen MR) is 79.2 cm³/mol. The number of rotatable bonds is 3. The topological polar surface area (TPSA) is 29.1 Å². The molecule has 0 atom stereocenters. The molecule has 0 fully saturated rings. The predicted octanol–water partition coefficient (Wildman–Crippen LogP) is 4.05. The zero-order chi connectivity index (χ0) is 14.8. The smallest absolute Gasteiger partial charge is 0.234 e. The fraction of sp³-hybridized carbons (Fsp3) is 0.235. The molecule has 3 heteroatoms. The molecule has 2 aromatic carbocycles. The number of anilines is 1. The summed E-state index contributed by atoms with van der Waals surface area (Å²) >= 11 is 0. The molecule has 0 saturated heterocycles. The lowest BCUT2D eigenvalue weighted by atomic mass is 9.83. The standard InChI is InChI=1S/C17H18FNO/c1-12-9-10-14(11-15(12)18)19-16(20)17(2,3)13-7-5-4-6-8-13/h4-11H,1-3H3,(H,19,20). The lowest BCUT2D eigenvalue weighted by Gasteiger charge is -2.24. The summed E-state index contributed by atoms with van der Waals surface area (Å²) in [5.74, 6) is -0.479. The second-order valence-corrected chi connectivity index (χ2v) is 5.41. The Labute approximate surface area is 118 Å². The number of hydrogen-bond acceptors (Lipinski definition) is 1. The van der Waals surface area contributed by atoms with E-state index in [0.717, 1.165) is 5.56 Å². The minimum absolute atomic E-state index is 0.160. The maximum atomic E-state index is 13.5. The van der Waals surface area contributed by atoms with Crippen LogP contribution in [0.2, 0.25) is 0 Å². The SMILES string of the molecule is Cc1ccc(NC(=O)C(C)(C)c2ccccc2)cc1F. The molecule has 2 rings (SSSR count). The van der Waals surface area contributed by atoms with Gasteiger partial charge in [-0.15, -0.1) is 0 Å². The quantitative estimate of drug-likeness (QED) is 0.896. The van der Waals surface area contributed by atoms with Crippen LogP contribution in [0.15, 0.2) is 48.5 Å². The van der Waals surface area contributed by atoms with E-state index in [1.807, 2.05) is 44.2 Å². The largest absolute Gasteiger partial charge is 0.325 e. The van der Waals surface area contributed by atoms with Crippen molar-refractivity contribution in [3.05, 3.63) is 65.5 Å². The van der Waals surface area contributed by atoms with E-state index in [0.29, 0.717) is 11.3 Å². The number of halogens is 1. The van der Waals surface area contributed by atoms with Gasteiger partial charge in [-0.25, -0.2) is 4.39 Å². The Morgan fingerprint density at radius 1 is 1.10 bits per heavy atom. The van der Waals surface area contributed by atoms with Gasteiger partial charge in [-0.3, -0.25) is 4.79 Å². The van der Waals surface area contributed by atoms with Gasteiger partial charge < -0.3 is 5.32 Å². The Morgan fingerprint density at radius 3 is 2.35 bits per heavy atom. The Bertz CT molecular complexity index is 620. The molecule has 1 N–H and O–H groups in total. The van der Waals surface area contributed by atoms with E-state index < -0.39 is 5.41 Å². The molecule has 20 heavy (non-hydrogen) atoms. The van der Waals surface area contributed by atoms with Crippen LogP contribution in [0.3, 0.4) is 0 Å². The van der Waals surface area contributed by atoms with Gasteiger partial charge in [0.15, 0.2) is 0 Å². The first-order chi connectivity index (χ1) is 9.41. The summed E-state index contributed by atoms with van der Waals surface area (Å²) in [7, 11) is 0. The molecule has 0 saturated carbocycles. The second-order valence-electron chi connectivity index (χ2n) is 5.41. The highest BCUT2D eigenvalue weighted by atomic mass is 19.1. The van der Waals surface area contributed by atoms with Crippen molar-refractivity contribution in [3.63, 3.8) is 0 Å². The van der Waals surface area contributed by atoms with Gasteiger partial charge in [0.1, 0.15) is 5.82 Å². The van der Waals surface area contributed by atoms with Gasteiger partial charge in [0, 0.05) is 5.69 Å². The molecule has 0 unspecified atom stereocenters. The van der Waals surface area contributed by atoms with Gasteiger partial charge in [0.05, 0.1) is 5.41 Å². The van der Waals surface area contributed by atoms with E-state index in [-0.39, 0.29) is 11.7 Å². The average Bonchev–Trinajstić information content (AvgIpc) is 2.44. The molecule has 0 aliphatic rings. The van der Waals surface area contributed by atoms with Crippen LogP contribution in [-0.4, -0.2) is 5.91 Å².